The van der Waals surface area contributed by atoms with Gasteiger partial charge in [0.15, 0.2) is 0 Å². The zero-order chi connectivity index (χ0) is 12.3. The van der Waals surface area contributed by atoms with Crippen LogP contribution in [0.5, 0.6) is 0 Å². The van der Waals surface area contributed by atoms with Crippen LogP contribution in [-0.4, -0.2) is 42.1 Å². The molecule has 1 aliphatic heterocycles. The first kappa shape index (κ1) is 13.4. The fourth-order valence-electron chi connectivity index (χ4n) is 2.08. The second kappa shape index (κ2) is 5.14. The molecule has 0 aromatic heterocycles. The molecule has 2 atom stereocenters. The van der Waals surface area contributed by atoms with Gasteiger partial charge in [0.1, 0.15) is 0 Å². The summed E-state index contributed by atoms with van der Waals surface area (Å²) in [7, 11) is -3.10. The van der Waals surface area contributed by atoms with E-state index in [0.29, 0.717) is 19.4 Å². The Kier molecular flexibility index (Phi) is 4.32. The molecule has 1 saturated heterocycles. The van der Waals surface area contributed by atoms with E-state index in [0.717, 1.165) is 0 Å². The van der Waals surface area contributed by atoms with Crippen molar-refractivity contribution in [2.45, 2.75) is 39.2 Å². The first-order valence-corrected chi connectivity index (χ1v) is 7.15. The molecule has 0 amide bonds. The summed E-state index contributed by atoms with van der Waals surface area (Å²) in [5.74, 6) is -0.437. The van der Waals surface area contributed by atoms with E-state index in [1.54, 1.807) is 0 Å². The van der Waals surface area contributed by atoms with E-state index >= 15 is 0 Å². The minimum Gasteiger partial charge on any atom is -0.481 e. The van der Waals surface area contributed by atoms with E-state index in [1.807, 2.05) is 13.8 Å². The molecule has 1 N–H and O–H groups in total. The van der Waals surface area contributed by atoms with Crippen molar-refractivity contribution in [1.82, 2.24) is 4.31 Å². The lowest BCUT2D eigenvalue weighted by Gasteiger charge is -2.22. The highest BCUT2D eigenvalue weighted by Gasteiger charge is 2.36. The van der Waals surface area contributed by atoms with Gasteiger partial charge in [-0.15, -0.1) is 0 Å². The van der Waals surface area contributed by atoms with Gasteiger partial charge in [0.2, 0.25) is 10.0 Å². The Bertz CT molecular complexity index is 352. The van der Waals surface area contributed by atoms with Crippen LogP contribution in [0, 0.1) is 5.92 Å². The molecule has 2 unspecified atom stereocenters. The fraction of sp³-hybridized carbons (Fsp3) is 0.900. The van der Waals surface area contributed by atoms with Gasteiger partial charge < -0.3 is 5.11 Å². The third-order valence-corrected chi connectivity index (χ3v) is 5.06. The average molecular weight is 249 g/mol. The van der Waals surface area contributed by atoms with Gasteiger partial charge in [-0.2, -0.15) is 4.31 Å². The first-order chi connectivity index (χ1) is 7.33. The summed E-state index contributed by atoms with van der Waals surface area (Å²) < 4.78 is 25.0. The number of nitrogens with zero attached hydrogens (tertiary/aromatic N) is 1. The Labute approximate surface area is 96.5 Å². The molecule has 0 spiro atoms. The van der Waals surface area contributed by atoms with Crippen molar-refractivity contribution < 1.29 is 18.3 Å². The predicted octanol–water partition coefficient (Wildman–Crippen LogP) is 0.911. The van der Waals surface area contributed by atoms with Gasteiger partial charge in [-0.1, -0.05) is 6.92 Å². The summed E-state index contributed by atoms with van der Waals surface area (Å²) in [4.78, 5) is 10.3. The molecule has 0 bridgehead atoms. The van der Waals surface area contributed by atoms with Gasteiger partial charge in [-0.05, 0) is 25.7 Å². The van der Waals surface area contributed by atoms with Crippen molar-refractivity contribution in [3.8, 4) is 0 Å². The fourth-order valence-corrected chi connectivity index (χ4v) is 4.23. The Morgan fingerprint density at radius 3 is 2.62 bits per heavy atom. The standard InChI is InChI=1S/C10H19NO4S/c1-8-6-11(16(14,15)7-8)9(2)4-3-5-10(12)13/h8-9H,3-7H2,1-2H3,(H,12,13). The normalized spacial score (nSPS) is 26.8. The summed E-state index contributed by atoms with van der Waals surface area (Å²) in [5.41, 5.74) is 0. The molecule has 1 heterocycles. The van der Waals surface area contributed by atoms with Crippen LogP contribution in [0.4, 0.5) is 0 Å². The van der Waals surface area contributed by atoms with Crippen LogP contribution < -0.4 is 0 Å². The Hall–Kier alpha value is -0.620. The minimum atomic E-state index is -3.10. The molecular formula is C10H19NO4S. The van der Waals surface area contributed by atoms with Gasteiger partial charge in [-0.3, -0.25) is 4.79 Å². The Morgan fingerprint density at radius 2 is 2.19 bits per heavy atom. The number of sulfonamides is 1. The molecule has 1 fully saturated rings. The lowest BCUT2D eigenvalue weighted by Crippen LogP contribution is -2.34. The molecule has 0 radical (unpaired) electrons. The van der Waals surface area contributed by atoms with Gasteiger partial charge in [-0.25, -0.2) is 8.42 Å². The molecule has 0 saturated carbocycles. The first-order valence-electron chi connectivity index (χ1n) is 5.54. The number of carbonyl (C=O) groups is 1. The molecule has 6 heteroatoms. The smallest absolute Gasteiger partial charge is 0.303 e. The average Bonchev–Trinajstić information content (AvgIpc) is 2.38. The number of aliphatic carboxylic acids is 1. The Morgan fingerprint density at radius 1 is 1.56 bits per heavy atom. The van der Waals surface area contributed by atoms with Crippen molar-refractivity contribution in [3.63, 3.8) is 0 Å². The molecule has 5 nitrogen and oxygen atoms in total. The maximum absolute atomic E-state index is 11.7. The summed E-state index contributed by atoms with van der Waals surface area (Å²) in [6, 6.07) is -0.0886. The maximum Gasteiger partial charge on any atom is 0.303 e. The van der Waals surface area contributed by atoms with Crippen LogP contribution in [0.2, 0.25) is 0 Å². The monoisotopic (exact) mass is 249 g/mol. The van der Waals surface area contributed by atoms with Crippen LogP contribution in [0.3, 0.4) is 0 Å². The van der Waals surface area contributed by atoms with Crippen LogP contribution >= 0.6 is 0 Å². The van der Waals surface area contributed by atoms with E-state index in [2.05, 4.69) is 0 Å². The molecule has 1 rings (SSSR count). The second-order valence-corrected chi connectivity index (χ2v) is 6.55. The zero-order valence-corrected chi connectivity index (χ0v) is 10.5. The van der Waals surface area contributed by atoms with E-state index in [4.69, 9.17) is 5.11 Å². The summed E-state index contributed by atoms with van der Waals surface area (Å²) >= 11 is 0. The SMILES string of the molecule is CC1CN(C(C)CCCC(=O)O)S(=O)(=O)C1. The number of rotatable bonds is 5. The zero-order valence-electron chi connectivity index (χ0n) is 9.72. The highest BCUT2D eigenvalue weighted by molar-refractivity contribution is 7.89. The van der Waals surface area contributed by atoms with Crippen molar-refractivity contribution in [2.75, 3.05) is 12.3 Å². The van der Waals surface area contributed by atoms with Gasteiger partial charge in [0.05, 0.1) is 5.75 Å². The highest BCUT2D eigenvalue weighted by Crippen LogP contribution is 2.23. The predicted molar refractivity (Wildman–Crippen MR) is 60.6 cm³/mol. The maximum atomic E-state index is 11.7. The highest BCUT2D eigenvalue weighted by atomic mass is 32.2. The largest absolute Gasteiger partial charge is 0.481 e. The van der Waals surface area contributed by atoms with E-state index in [1.165, 1.54) is 4.31 Å². The quantitative estimate of drug-likeness (QED) is 0.786. The van der Waals surface area contributed by atoms with E-state index in [-0.39, 0.29) is 24.1 Å². The molecule has 0 aromatic rings. The molecule has 1 aliphatic rings. The van der Waals surface area contributed by atoms with Crippen LogP contribution in [0.25, 0.3) is 0 Å². The van der Waals surface area contributed by atoms with E-state index < -0.39 is 16.0 Å². The number of hydrogen-bond donors (Lipinski definition) is 1. The van der Waals surface area contributed by atoms with Crippen LogP contribution in [-0.2, 0) is 14.8 Å². The molecule has 94 valence electrons. The van der Waals surface area contributed by atoms with Gasteiger partial charge in [0.25, 0.3) is 0 Å². The van der Waals surface area contributed by atoms with E-state index in [9.17, 15) is 13.2 Å². The van der Waals surface area contributed by atoms with Crippen molar-refractivity contribution >= 4 is 16.0 Å². The van der Waals surface area contributed by atoms with Gasteiger partial charge >= 0.3 is 5.97 Å². The second-order valence-electron chi connectivity index (χ2n) is 4.59. The molecule has 0 aromatic carbocycles. The van der Waals surface area contributed by atoms with Crippen LogP contribution in [0.15, 0.2) is 0 Å². The molecular weight excluding hydrogens is 230 g/mol. The van der Waals surface area contributed by atoms with Crippen molar-refractivity contribution in [2.24, 2.45) is 5.92 Å². The number of carboxylic acid groups (broad SMARTS) is 1. The number of hydrogen-bond acceptors (Lipinski definition) is 3. The summed E-state index contributed by atoms with van der Waals surface area (Å²) in [6.07, 6.45) is 1.24. The Balaban J connectivity index is 2.48. The third kappa shape index (κ3) is 3.45. The van der Waals surface area contributed by atoms with Crippen LogP contribution in [0.1, 0.15) is 33.1 Å². The van der Waals surface area contributed by atoms with Crippen molar-refractivity contribution in [3.05, 3.63) is 0 Å². The lowest BCUT2D eigenvalue weighted by molar-refractivity contribution is -0.137. The molecule has 0 aliphatic carbocycles. The topological polar surface area (TPSA) is 74.7 Å². The summed E-state index contributed by atoms with van der Waals surface area (Å²) in [5, 5.41) is 8.50. The summed E-state index contributed by atoms with van der Waals surface area (Å²) in [6.45, 7) is 4.33. The van der Waals surface area contributed by atoms with Gasteiger partial charge in [0, 0.05) is 19.0 Å². The third-order valence-electron chi connectivity index (χ3n) is 2.85. The lowest BCUT2D eigenvalue weighted by atomic mass is 10.1. The minimum absolute atomic E-state index is 0.0886. The van der Waals surface area contributed by atoms with Crippen molar-refractivity contribution in [1.29, 1.82) is 0 Å². The molecule has 16 heavy (non-hydrogen) atoms. The number of carboxylic acids is 1.